The van der Waals surface area contributed by atoms with Gasteiger partial charge in [-0.2, -0.15) is 0 Å². The standard InChI is InChI=1S/C27H34O/c1-19-7-8-20(2)25(17-19)27(28)18-26(23-5-3-4-6-23)24-15-13-22(14-16-24)12-11-21-9-10-21/h7-8,13-17,21,23,26H,3-6,9-12,18H2,1-2H3/t26-/m1/s1. The molecular formula is C27H34O. The Morgan fingerprint density at radius 3 is 2.36 bits per heavy atom. The number of aryl methyl sites for hydroxylation is 3. The van der Waals surface area contributed by atoms with Gasteiger partial charge in [0.25, 0.3) is 0 Å². The number of hydrogen-bond acceptors (Lipinski definition) is 1. The van der Waals surface area contributed by atoms with Gasteiger partial charge in [-0.3, -0.25) is 4.79 Å². The molecule has 0 spiro atoms. The number of carbonyl (C=O) groups excluding carboxylic acids is 1. The summed E-state index contributed by atoms with van der Waals surface area (Å²) in [6.07, 6.45) is 11.2. The Balaban J connectivity index is 1.51. The molecule has 0 aromatic heterocycles. The summed E-state index contributed by atoms with van der Waals surface area (Å²) >= 11 is 0. The van der Waals surface area contributed by atoms with Crippen LogP contribution in [0.15, 0.2) is 42.5 Å². The zero-order valence-corrected chi connectivity index (χ0v) is 17.5. The van der Waals surface area contributed by atoms with Gasteiger partial charge in [0, 0.05) is 12.0 Å². The molecule has 0 heterocycles. The Morgan fingerprint density at radius 1 is 0.964 bits per heavy atom. The van der Waals surface area contributed by atoms with Crippen molar-refractivity contribution in [2.45, 2.75) is 77.6 Å². The number of rotatable bonds is 8. The van der Waals surface area contributed by atoms with E-state index in [0.29, 0.717) is 24.0 Å². The number of benzene rings is 2. The average molecular weight is 375 g/mol. The quantitative estimate of drug-likeness (QED) is 0.447. The monoisotopic (exact) mass is 374 g/mol. The molecular weight excluding hydrogens is 340 g/mol. The van der Waals surface area contributed by atoms with E-state index >= 15 is 0 Å². The molecule has 0 bridgehead atoms. The molecule has 28 heavy (non-hydrogen) atoms. The molecule has 1 atom stereocenters. The van der Waals surface area contributed by atoms with Gasteiger partial charge < -0.3 is 0 Å². The van der Waals surface area contributed by atoms with Crippen molar-refractivity contribution in [2.75, 3.05) is 0 Å². The van der Waals surface area contributed by atoms with E-state index in [4.69, 9.17) is 0 Å². The van der Waals surface area contributed by atoms with Crippen molar-refractivity contribution in [3.8, 4) is 0 Å². The molecule has 2 aromatic carbocycles. The topological polar surface area (TPSA) is 17.1 Å². The lowest BCUT2D eigenvalue weighted by atomic mass is 9.80. The predicted octanol–water partition coefficient (Wildman–Crippen LogP) is 7.19. The van der Waals surface area contributed by atoms with E-state index in [1.165, 1.54) is 68.1 Å². The van der Waals surface area contributed by atoms with Crippen molar-refractivity contribution in [3.63, 3.8) is 0 Å². The van der Waals surface area contributed by atoms with Gasteiger partial charge in [0.15, 0.2) is 5.78 Å². The summed E-state index contributed by atoms with van der Waals surface area (Å²) < 4.78 is 0. The zero-order chi connectivity index (χ0) is 19.5. The fourth-order valence-electron chi connectivity index (χ4n) is 4.97. The average Bonchev–Trinajstić information content (AvgIpc) is 3.38. The van der Waals surface area contributed by atoms with Gasteiger partial charge in [0.1, 0.15) is 0 Å². The van der Waals surface area contributed by atoms with Crippen molar-refractivity contribution in [3.05, 3.63) is 70.3 Å². The summed E-state index contributed by atoms with van der Waals surface area (Å²) in [5.74, 6) is 2.33. The largest absolute Gasteiger partial charge is 0.294 e. The fourth-order valence-corrected chi connectivity index (χ4v) is 4.97. The first-order chi connectivity index (χ1) is 13.6. The SMILES string of the molecule is Cc1ccc(C)c(C(=O)C[C@@H](c2ccc(CCC3CC3)cc2)C2CCCC2)c1. The first kappa shape index (κ1) is 19.4. The van der Waals surface area contributed by atoms with Crippen LogP contribution in [0.4, 0.5) is 0 Å². The minimum Gasteiger partial charge on any atom is -0.294 e. The van der Waals surface area contributed by atoms with E-state index in [2.05, 4.69) is 56.3 Å². The molecule has 2 aliphatic rings. The van der Waals surface area contributed by atoms with Crippen LogP contribution < -0.4 is 0 Å². The fraction of sp³-hybridized carbons (Fsp3) is 0.519. The second-order valence-electron chi connectivity index (χ2n) is 9.32. The lowest BCUT2D eigenvalue weighted by molar-refractivity contribution is 0.0963. The highest BCUT2D eigenvalue weighted by atomic mass is 16.1. The molecule has 1 nitrogen and oxygen atoms in total. The summed E-state index contributed by atoms with van der Waals surface area (Å²) in [6, 6.07) is 15.5. The van der Waals surface area contributed by atoms with E-state index < -0.39 is 0 Å². The maximum absolute atomic E-state index is 13.2. The van der Waals surface area contributed by atoms with Crippen molar-refractivity contribution in [1.29, 1.82) is 0 Å². The van der Waals surface area contributed by atoms with Crippen molar-refractivity contribution < 1.29 is 4.79 Å². The third-order valence-corrected chi connectivity index (χ3v) is 7.01. The zero-order valence-electron chi connectivity index (χ0n) is 17.5. The van der Waals surface area contributed by atoms with E-state index in [0.717, 1.165) is 17.0 Å². The first-order valence-corrected chi connectivity index (χ1v) is 11.3. The Morgan fingerprint density at radius 2 is 1.68 bits per heavy atom. The Labute approximate surface area is 170 Å². The van der Waals surface area contributed by atoms with Crippen molar-refractivity contribution in [1.82, 2.24) is 0 Å². The maximum atomic E-state index is 13.2. The summed E-state index contributed by atoms with van der Waals surface area (Å²) in [5, 5.41) is 0. The summed E-state index contributed by atoms with van der Waals surface area (Å²) in [5.41, 5.74) is 6.04. The van der Waals surface area contributed by atoms with E-state index in [1.54, 1.807) is 0 Å². The Bertz CT molecular complexity index is 807. The highest BCUT2D eigenvalue weighted by Crippen LogP contribution is 2.40. The van der Waals surface area contributed by atoms with Gasteiger partial charge >= 0.3 is 0 Å². The van der Waals surface area contributed by atoms with E-state index in [9.17, 15) is 4.79 Å². The van der Waals surface area contributed by atoms with Gasteiger partial charge in [-0.15, -0.1) is 0 Å². The van der Waals surface area contributed by atoms with Gasteiger partial charge in [0.05, 0.1) is 0 Å². The number of Topliss-reactive ketones (excluding diaryl/α,β-unsaturated/α-hetero) is 1. The normalized spacial score (nSPS) is 18.4. The Kier molecular flexibility index (Phi) is 5.99. The molecule has 0 aliphatic heterocycles. The van der Waals surface area contributed by atoms with Gasteiger partial charge in [-0.1, -0.05) is 67.6 Å². The maximum Gasteiger partial charge on any atom is 0.163 e. The van der Waals surface area contributed by atoms with Gasteiger partial charge in [-0.05, 0) is 80.0 Å². The lowest BCUT2D eigenvalue weighted by Gasteiger charge is -2.24. The molecule has 0 N–H and O–H groups in total. The summed E-state index contributed by atoms with van der Waals surface area (Å²) in [4.78, 5) is 13.2. The van der Waals surface area contributed by atoms with Crippen molar-refractivity contribution in [2.24, 2.45) is 11.8 Å². The molecule has 2 aliphatic carbocycles. The van der Waals surface area contributed by atoms with Crippen LogP contribution in [-0.2, 0) is 6.42 Å². The highest BCUT2D eigenvalue weighted by Gasteiger charge is 2.29. The summed E-state index contributed by atoms with van der Waals surface area (Å²) in [7, 11) is 0. The second kappa shape index (κ2) is 8.64. The predicted molar refractivity (Wildman–Crippen MR) is 117 cm³/mol. The smallest absolute Gasteiger partial charge is 0.163 e. The molecule has 2 fully saturated rings. The molecule has 4 rings (SSSR count). The second-order valence-corrected chi connectivity index (χ2v) is 9.32. The minimum atomic E-state index is 0.316. The first-order valence-electron chi connectivity index (χ1n) is 11.3. The molecule has 0 unspecified atom stereocenters. The van der Waals surface area contributed by atoms with Crippen LogP contribution in [0.5, 0.6) is 0 Å². The molecule has 0 amide bonds. The minimum absolute atomic E-state index is 0.316. The highest BCUT2D eigenvalue weighted by molar-refractivity contribution is 5.98. The third-order valence-electron chi connectivity index (χ3n) is 7.01. The number of ketones is 1. The van der Waals surface area contributed by atoms with E-state index in [-0.39, 0.29) is 0 Å². The van der Waals surface area contributed by atoms with Crippen LogP contribution in [-0.4, -0.2) is 5.78 Å². The van der Waals surface area contributed by atoms with Crippen LogP contribution in [0.3, 0.4) is 0 Å². The van der Waals surface area contributed by atoms with Crippen molar-refractivity contribution >= 4 is 5.78 Å². The van der Waals surface area contributed by atoms with Crippen LogP contribution >= 0.6 is 0 Å². The molecule has 1 heteroatoms. The van der Waals surface area contributed by atoms with Gasteiger partial charge in [-0.25, -0.2) is 0 Å². The van der Waals surface area contributed by atoms with E-state index in [1.807, 2.05) is 0 Å². The molecule has 0 saturated heterocycles. The van der Waals surface area contributed by atoms with Crippen LogP contribution in [0.25, 0.3) is 0 Å². The number of carbonyl (C=O) groups is 1. The molecule has 148 valence electrons. The lowest BCUT2D eigenvalue weighted by Crippen LogP contribution is -2.16. The molecule has 0 radical (unpaired) electrons. The molecule has 2 saturated carbocycles. The number of hydrogen-bond donors (Lipinski definition) is 0. The summed E-state index contributed by atoms with van der Waals surface area (Å²) in [6.45, 7) is 4.14. The van der Waals surface area contributed by atoms with Crippen LogP contribution in [0.2, 0.25) is 0 Å². The van der Waals surface area contributed by atoms with Crippen LogP contribution in [0.1, 0.15) is 89.9 Å². The van der Waals surface area contributed by atoms with Crippen LogP contribution in [0, 0.1) is 25.7 Å². The molecule has 2 aromatic rings. The third kappa shape index (κ3) is 4.74. The van der Waals surface area contributed by atoms with Gasteiger partial charge in [0.2, 0.25) is 0 Å². The Hall–Kier alpha value is -1.89.